The second-order valence-corrected chi connectivity index (χ2v) is 4.96. The maximum Gasteiger partial charge on any atom is 0.414 e. The van der Waals surface area contributed by atoms with E-state index in [0.29, 0.717) is 5.56 Å². The third-order valence-electron chi connectivity index (χ3n) is 3.04. The highest BCUT2D eigenvalue weighted by Gasteiger charge is 2.24. The van der Waals surface area contributed by atoms with Crippen LogP contribution in [0.3, 0.4) is 0 Å². The van der Waals surface area contributed by atoms with Gasteiger partial charge in [-0.1, -0.05) is 37.8 Å². The molecule has 0 aliphatic carbocycles. The molecule has 2 amide bonds. The average Bonchev–Trinajstić information content (AvgIpc) is 2.43. The number of halogens is 1. The van der Waals surface area contributed by atoms with Gasteiger partial charge in [-0.2, -0.15) is 0 Å². The Morgan fingerprint density at radius 1 is 1.50 bits per heavy atom. The number of carboxylic acid groups (broad SMARTS) is 1. The molecule has 0 radical (unpaired) electrons. The molecule has 4 nitrogen and oxygen atoms in total. The number of nitrogens with zero attached hydrogens (tertiary/aromatic N) is 1. The Hall–Kier alpha value is -1.99. The Kier molecular flexibility index (Phi) is 5.60. The number of imide groups is 1. The normalized spacial score (nSPS) is 11.5. The Morgan fingerprint density at radius 2 is 2.15 bits per heavy atom. The van der Waals surface area contributed by atoms with Crippen molar-refractivity contribution in [2.45, 2.75) is 20.3 Å². The van der Waals surface area contributed by atoms with Crippen molar-refractivity contribution in [2.75, 3.05) is 6.54 Å². The van der Waals surface area contributed by atoms with Crippen molar-refractivity contribution in [2.24, 2.45) is 5.92 Å². The Morgan fingerprint density at radius 3 is 2.60 bits per heavy atom. The van der Waals surface area contributed by atoms with E-state index in [1.54, 1.807) is 0 Å². The van der Waals surface area contributed by atoms with Crippen LogP contribution in [0.4, 0.5) is 4.79 Å². The van der Waals surface area contributed by atoms with Crippen molar-refractivity contribution < 1.29 is 14.7 Å². The molecule has 5 heteroatoms. The smallest absolute Gasteiger partial charge is 0.414 e. The molecule has 0 bridgehead atoms. The summed E-state index contributed by atoms with van der Waals surface area (Å²) in [6, 6.07) is 4.40. The SMILES string of the molecule is C#Cc1ccc(C(=O)N(CC(C)CC)C(=O)O)cc1Cl. The first-order valence-corrected chi connectivity index (χ1v) is 6.59. The van der Waals surface area contributed by atoms with Crippen LogP contribution in [0.25, 0.3) is 0 Å². The summed E-state index contributed by atoms with van der Waals surface area (Å²) in [5.74, 6) is 1.88. The molecule has 1 N–H and O–H groups in total. The molecule has 106 valence electrons. The minimum atomic E-state index is -1.27. The van der Waals surface area contributed by atoms with Crippen molar-refractivity contribution in [3.05, 3.63) is 34.3 Å². The van der Waals surface area contributed by atoms with Crippen LogP contribution in [0.2, 0.25) is 5.02 Å². The number of hydrogen-bond donors (Lipinski definition) is 1. The summed E-state index contributed by atoms with van der Waals surface area (Å²) in [5, 5.41) is 9.42. The maximum atomic E-state index is 12.2. The molecule has 1 atom stereocenters. The monoisotopic (exact) mass is 293 g/mol. The standard InChI is InChI=1S/C15H16ClNO3/c1-4-10(3)9-17(15(19)20)14(18)12-7-6-11(5-2)13(16)8-12/h2,6-8,10H,4,9H2,1,3H3,(H,19,20). The fraction of sp³-hybridized carbons (Fsp3) is 0.333. The number of carbonyl (C=O) groups excluding carboxylic acids is 1. The van der Waals surface area contributed by atoms with Gasteiger partial charge in [0.25, 0.3) is 5.91 Å². The largest absolute Gasteiger partial charge is 0.465 e. The van der Waals surface area contributed by atoms with Crippen LogP contribution < -0.4 is 0 Å². The van der Waals surface area contributed by atoms with Crippen LogP contribution in [0.5, 0.6) is 0 Å². The van der Waals surface area contributed by atoms with Crippen LogP contribution in [-0.4, -0.2) is 28.6 Å². The van der Waals surface area contributed by atoms with E-state index >= 15 is 0 Å². The van der Waals surface area contributed by atoms with Crippen molar-refractivity contribution in [3.63, 3.8) is 0 Å². The van der Waals surface area contributed by atoms with Gasteiger partial charge < -0.3 is 5.11 Å². The van der Waals surface area contributed by atoms with E-state index in [9.17, 15) is 9.59 Å². The van der Waals surface area contributed by atoms with Gasteiger partial charge in [-0.3, -0.25) is 4.79 Å². The lowest BCUT2D eigenvalue weighted by atomic mass is 10.1. The minimum Gasteiger partial charge on any atom is -0.465 e. The minimum absolute atomic E-state index is 0.0931. The van der Waals surface area contributed by atoms with E-state index in [1.807, 2.05) is 13.8 Å². The molecule has 0 saturated heterocycles. The zero-order valence-corrected chi connectivity index (χ0v) is 12.1. The first kappa shape index (κ1) is 16.1. The van der Waals surface area contributed by atoms with E-state index in [1.165, 1.54) is 18.2 Å². The lowest BCUT2D eigenvalue weighted by Crippen LogP contribution is -2.38. The van der Waals surface area contributed by atoms with E-state index in [4.69, 9.17) is 23.1 Å². The third-order valence-corrected chi connectivity index (χ3v) is 3.35. The fourth-order valence-electron chi connectivity index (χ4n) is 1.61. The summed E-state index contributed by atoms with van der Waals surface area (Å²) < 4.78 is 0. The maximum absolute atomic E-state index is 12.2. The van der Waals surface area contributed by atoms with Gasteiger partial charge in [0.2, 0.25) is 0 Å². The van der Waals surface area contributed by atoms with Crippen LogP contribution in [0.15, 0.2) is 18.2 Å². The molecule has 0 heterocycles. The predicted molar refractivity (Wildman–Crippen MR) is 77.9 cm³/mol. The van der Waals surface area contributed by atoms with Crippen LogP contribution >= 0.6 is 11.6 Å². The Labute approximate surface area is 123 Å². The highest BCUT2D eigenvalue weighted by Crippen LogP contribution is 2.19. The van der Waals surface area contributed by atoms with E-state index in [-0.39, 0.29) is 23.0 Å². The number of hydrogen-bond acceptors (Lipinski definition) is 2. The predicted octanol–water partition coefficient (Wildman–Crippen LogP) is 3.49. The zero-order chi connectivity index (χ0) is 15.3. The summed E-state index contributed by atoms with van der Waals surface area (Å²) >= 11 is 5.93. The molecule has 0 aromatic heterocycles. The molecule has 1 unspecified atom stereocenters. The van der Waals surface area contributed by atoms with Gasteiger partial charge in [0.1, 0.15) is 0 Å². The molecule has 0 aliphatic heterocycles. The summed E-state index contributed by atoms with van der Waals surface area (Å²) in [7, 11) is 0. The second kappa shape index (κ2) is 6.97. The quantitative estimate of drug-likeness (QED) is 0.865. The molecule has 1 aromatic carbocycles. The summed E-state index contributed by atoms with van der Waals surface area (Å²) in [6.07, 6.45) is 4.76. The van der Waals surface area contributed by atoms with Crippen molar-refractivity contribution in [1.82, 2.24) is 4.90 Å². The van der Waals surface area contributed by atoms with Gasteiger partial charge in [0.05, 0.1) is 5.02 Å². The Balaban J connectivity index is 3.04. The molecule has 0 aliphatic rings. The van der Waals surface area contributed by atoms with Crippen LogP contribution in [-0.2, 0) is 0 Å². The zero-order valence-electron chi connectivity index (χ0n) is 11.4. The molecule has 0 saturated carbocycles. The Bertz CT molecular complexity index is 563. The summed E-state index contributed by atoms with van der Waals surface area (Å²) in [4.78, 5) is 24.2. The molecular weight excluding hydrogens is 278 g/mol. The van der Waals surface area contributed by atoms with Crippen LogP contribution in [0.1, 0.15) is 36.2 Å². The lowest BCUT2D eigenvalue weighted by Gasteiger charge is -2.20. The van der Waals surface area contributed by atoms with Gasteiger partial charge in [0.15, 0.2) is 0 Å². The summed E-state index contributed by atoms with van der Waals surface area (Å²) in [6.45, 7) is 3.98. The van der Waals surface area contributed by atoms with Crippen molar-refractivity contribution in [1.29, 1.82) is 0 Å². The average molecular weight is 294 g/mol. The van der Waals surface area contributed by atoms with Crippen LogP contribution in [0, 0.1) is 18.3 Å². The van der Waals surface area contributed by atoms with E-state index in [0.717, 1.165) is 11.3 Å². The number of amides is 2. The first-order chi connectivity index (χ1) is 9.40. The number of rotatable bonds is 4. The molecular formula is C15H16ClNO3. The van der Waals surface area contributed by atoms with Gasteiger partial charge in [0, 0.05) is 17.7 Å². The van der Waals surface area contributed by atoms with Gasteiger partial charge >= 0.3 is 6.09 Å². The number of benzene rings is 1. The molecule has 1 aromatic rings. The van der Waals surface area contributed by atoms with Gasteiger partial charge in [-0.05, 0) is 24.1 Å². The van der Waals surface area contributed by atoms with Gasteiger partial charge in [-0.15, -0.1) is 6.42 Å². The van der Waals surface area contributed by atoms with Gasteiger partial charge in [-0.25, -0.2) is 9.69 Å². The molecule has 20 heavy (non-hydrogen) atoms. The third kappa shape index (κ3) is 3.75. The van der Waals surface area contributed by atoms with Crippen molar-refractivity contribution in [3.8, 4) is 12.3 Å². The second-order valence-electron chi connectivity index (χ2n) is 4.55. The molecule has 0 fully saturated rings. The van der Waals surface area contributed by atoms with Crippen molar-refractivity contribution >= 4 is 23.6 Å². The first-order valence-electron chi connectivity index (χ1n) is 6.21. The molecule has 0 spiro atoms. The fourth-order valence-corrected chi connectivity index (χ4v) is 1.84. The number of carbonyl (C=O) groups is 2. The topological polar surface area (TPSA) is 57.6 Å². The lowest BCUT2D eigenvalue weighted by molar-refractivity contribution is 0.0717. The molecule has 1 rings (SSSR count). The van der Waals surface area contributed by atoms with E-state index in [2.05, 4.69) is 5.92 Å². The highest BCUT2D eigenvalue weighted by atomic mass is 35.5. The summed E-state index contributed by atoms with van der Waals surface area (Å²) in [5.41, 5.74) is 0.673. The van der Waals surface area contributed by atoms with E-state index < -0.39 is 12.0 Å². The number of terminal acetylenes is 1. The highest BCUT2D eigenvalue weighted by molar-refractivity contribution is 6.32.